The molecule has 0 spiro atoms. The molecule has 2 amide bonds. The Kier molecular flexibility index (Phi) is 3.87. The van der Waals surface area contributed by atoms with Crippen LogP contribution < -0.4 is 5.32 Å². The molecule has 1 aromatic carbocycles. The third-order valence-corrected chi connectivity index (χ3v) is 3.41. The van der Waals surface area contributed by atoms with Crippen LogP contribution in [0.3, 0.4) is 0 Å². The number of amides is 2. The van der Waals surface area contributed by atoms with E-state index in [-0.39, 0.29) is 19.0 Å². The summed E-state index contributed by atoms with van der Waals surface area (Å²) in [6.45, 7) is 1.98. The van der Waals surface area contributed by atoms with E-state index in [1.54, 1.807) is 6.92 Å². The van der Waals surface area contributed by atoms with Crippen LogP contribution in [0.1, 0.15) is 6.92 Å². The summed E-state index contributed by atoms with van der Waals surface area (Å²) in [6, 6.07) is 2.56. The van der Waals surface area contributed by atoms with Crippen LogP contribution in [-0.4, -0.2) is 35.1 Å². The van der Waals surface area contributed by atoms with E-state index in [0.29, 0.717) is 0 Å². The van der Waals surface area contributed by atoms with Gasteiger partial charge in [0.1, 0.15) is 17.3 Å². The van der Waals surface area contributed by atoms with Gasteiger partial charge < -0.3 is 15.3 Å². The molecule has 2 N–H and O–H groups in total. The summed E-state index contributed by atoms with van der Waals surface area (Å²) < 4.78 is 26.8. The highest BCUT2D eigenvalue weighted by Crippen LogP contribution is 2.25. The van der Waals surface area contributed by atoms with Crippen molar-refractivity contribution in [2.24, 2.45) is 11.8 Å². The third-order valence-electron chi connectivity index (χ3n) is 3.41. The van der Waals surface area contributed by atoms with E-state index in [9.17, 15) is 18.4 Å². The van der Waals surface area contributed by atoms with Gasteiger partial charge in [-0.25, -0.2) is 13.6 Å². The van der Waals surface area contributed by atoms with Crippen molar-refractivity contribution in [1.82, 2.24) is 4.90 Å². The number of carbonyl (C=O) groups excluding carboxylic acids is 1. The second-order valence-electron chi connectivity index (χ2n) is 4.85. The van der Waals surface area contributed by atoms with Crippen molar-refractivity contribution in [3.05, 3.63) is 29.8 Å². The molecule has 0 bridgehead atoms. The molecule has 2 atom stereocenters. The first-order valence-electron chi connectivity index (χ1n) is 6.13. The molecule has 0 aromatic heterocycles. The van der Waals surface area contributed by atoms with Crippen LogP contribution in [0.15, 0.2) is 18.2 Å². The van der Waals surface area contributed by atoms with Crippen molar-refractivity contribution in [2.45, 2.75) is 6.92 Å². The summed E-state index contributed by atoms with van der Waals surface area (Å²) >= 11 is 0. The Hall–Kier alpha value is -2.18. The quantitative estimate of drug-likeness (QED) is 0.874. The lowest BCUT2D eigenvalue weighted by atomic mass is 9.99. The number of para-hydroxylation sites is 1. The first-order chi connectivity index (χ1) is 9.40. The van der Waals surface area contributed by atoms with Crippen molar-refractivity contribution in [1.29, 1.82) is 0 Å². The van der Waals surface area contributed by atoms with Crippen molar-refractivity contribution in [2.75, 3.05) is 18.4 Å². The average Bonchev–Trinajstić information content (AvgIpc) is 2.76. The van der Waals surface area contributed by atoms with Crippen molar-refractivity contribution < 1.29 is 23.5 Å². The molecular weight excluding hydrogens is 270 g/mol. The Morgan fingerprint density at radius 2 is 1.90 bits per heavy atom. The average molecular weight is 284 g/mol. The number of rotatable bonds is 2. The number of carboxylic acid groups (broad SMARTS) is 1. The maximum absolute atomic E-state index is 13.4. The van der Waals surface area contributed by atoms with Gasteiger partial charge in [-0.05, 0) is 18.1 Å². The molecule has 0 unspecified atom stereocenters. The van der Waals surface area contributed by atoms with Crippen molar-refractivity contribution in [3.8, 4) is 0 Å². The van der Waals surface area contributed by atoms with Gasteiger partial charge in [0.2, 0.25) is 0 Å². The van der Waals surface area contributed by atoms with E-state index in [2.05, 4.69) is 5.32 Å². The highest BCUT2D eigenvalue weighted by molar-refractivity contribution is 5.90. The second-order valence-corrected chi connectivity index (χ2v) is 4.85. The second kappa shape index (κ2) is 5.44. The first-order valence-corrected chi connectivity index (χ1v) is 6.13. The maximum atomic E-state index is 13.4. The Labute approximate surface area is 114 Å². The number of carbonyl (C=O) groups is 2. The van der Waals surface area contributed by atoms with Gasteiger partial charge in [-0.2, -0.15) is 0 Å². The topological polar surface area (TPSA) is 69.6 Å². The number of nitrogens with zero attached hydrogens (tertiary/aromatic N) is 1. The van der Waals surface area contributed by atoms with Crippen LogP contribution in [0.4, 0.5) is 19.3 Å². The number of benzene rings is 1. The number of hydrogen-bond donors (Lipinski definition) is 2. The lowest BCUT2D eigenvalue weighted by Gasteiger charge is -2.17. The highest BCUT2D eigenvalue weighted by atomic mass is 19.1. The van der Waals surface area contributed by atoms with E-state index < -0.39 is 35.2 Å². The molecular formula is C13H14F2N2O3. The van der Waals surface area contributed by atoms with E-state index in [4.69, 9.17) is 5.11 Å². The van der Waals surface area contributed by atoms with Gasteiger partial charge in [0, 0.05) is 13.1 Å². The predicted molar refractivity (Wildman–Crippen MR) is 67.2 cm³/mol. The molecule has 0 saturated carbocycles. The Morgan fingerprint density at radius 3 is 2.40 bits per heavy atom. The summed E-state index contributed by atoms with van der Waals surface area (Å²) in [5.74, 6) is -3.60. The zero-order valence-electron chi connectivity index (χ0n) is 10.8. The standard InChI is InChI=1S/C13H14F2N2O3/c1-7-5-17(6-8(7)12(18)19)13(20)16-11-9(14)3-2-4-10(11)15/h2-4,7-8H,5-6H2,1H3,(H,16,20)(H,18,19)/t7-,8-/m1/s1. The van der Waals surface area contributed by atoms with E-state index in [1.807, 2.05) is 0 Å². The summed E-state index contributed by atoms with van der Waals surface area (Å²) in [4.78, 5) is 24.1. The van der Waals surface area contributed by atoms with Crippen LogP contribution >= 0.6 is 0 Å². The van der Waals surface area contributed by atoms with E-state index in [1.165, 1.54) is 11.0 Å². The van der Waals surface area contributed by atoms with E-state index in [0.717, 1.165) is 12.1 Å². The fraction of sp³-hybridized carbons (Fsp3) is 0.385. The smallest absolute Gasteiger partial charge is 0.322 e. The molecule has 1 heterocycles. The lowest BCUT2D eigenvalue weighted by molar-refractivity contribution is -0.142. The fourth-order valence-electron chi connectivity index (χ4n) is 2.26. The van der Waals surface area contributed by atoms with Crippen molar-refractivity contribution >= 4 is 17.7 Å². The minimum absolute atomic E-state index is 0.0262. The monoisotopic (exact) mass is 284 g/mol. The lowest BCUT2D eigenvalue weighted by Crippen LogP contribution is -2.34. The number of hydrogen-bond acceptors (Lipinski definition) is 2. The van der Waals surface area contributed by atoms with Gasteiger partial charge in [-0.3, -0.25) is 4.79 Å². The van der Waals surface area contributed by atoms with Gasteiger partial charge in [0.25, 0.3) is 0 Å². The van der Waals surface area contributed by atoms with Gasteiger partial charge in [0.05, 0.1) is 5.92 Å². The molecule has 5 nitrogen and oxygen atoms in total. The highest BCUT2D eigenvalue weighted by Gasteiger charge is 2.37. The predicted octanol–water partition coefficient (Wildman–Crippen LogP) is 2.15. The largest absolute Gasteiger partial charge is 0.481 e. The van der Waals surface area contributed by atoms with Gasteiger partial charge in [-0.15, -0.1) is 0 Å². The zero-order chi connectivity index (χ0) is 14.9. The third kappa shape index (κ3) is 2.71. The maximum Gasteiger partial charge on any atom is 0.322 e. The van der Waals surface area contributed by atoms with Crippen LogP contribution in [0.2, 0.25) is 0 Å². The molecule has 2 rings (SSSR count). The molecule has 0 aliphatic carbocycles. The molecule has 20 heavy (non-hydrogen) atoms. The molecule has 1 aliphatic rings. The summed E-state index contributed by atoms with van der Waals surface area (Å²) in [6.07, 6.45) is 0. The summed E-state index contributed by atoms with van der Waals surface area (Å²) in [7, 11) is 0. The fourth-order valence-corrected chi connectivity index (χ4v) is 2.26. The molecule has 108 valence electrons. The number of aliphatic carboxylic acids is 1. The number of likely N-dealkylation sites (tertiary alicyclic amines) is 1. The van der Waals surface area contributed by atoms with Gasteiger partial charge in [0.15, 0.2) is 0 Å². The summed E-state index contributed by atoms with van der Waals surface area (Å²) in [5.41, 5.74) is -0.524. The zero-order valence-corrected chi connectivity index (χ0v) is 10.8. The molecule has 1 aromatic rings. The van der Waals surface area contributed by atoms with E-state index >= 15 is 0 Å². The Morgan fingerprint density at radius 1 is 1.30 bits per heavy atom. The Bertz CT molecular complexity index is 530. The molecule has 1 aliphatic heterocycles. The molecule has 7 heteroatoms. The molecule has 1 saturated heterocycles. The van der Waals surface area contributed by atoms with Crippen molar-refractivity contribution in [3.63, 3.8) is 0 Å². The van der Waals surface area contributed by atoms with Crippen LogP contribution in [0.25, 0.3) is 0 Å². The summed E-state index contributed by atoms with van der Waals surface area (Å²) in [5, 5.41) is 11.1. The van der Waals surface area contributed by atoms with Crippen LogP contribution in [0.5, 0.6) is 0 Å². The number of nitrogens with one attached hydrogen (secondary N) is 1. The SMILES string of the molecule is C[C@@H]1CN(C(=O)Nc2c(F)cccc2F)C[C@H]1C(=O)O. The first kappa shape index (κ1) is 14.2. The number of anilines is 1. The molecule has 1 fully saturated rings. The number of urea groups is 1. The van der Waals surface area contributed by atoms with Gasteiger partial charge in [-0.1, -0.05) is 13.0 Å². The van der Waals surface area contributed by atoms with Crippen LogP contribution in [0, 0.1) is 23.5 Å². The molecule has 0 radical (unpaired) electrons. The normalized spacial score (nSPS) is 21.9. The van der Waals surface area contributed by atoms with Gasteiger partial charge >= 0.3 is 12.0 Å². The Balaban J connectivity index is 2.08. The minimum atomic E-state index is -0.982. The minimum Gasteiger partial charge on any atom is -0.481 e. The number of carboxylic acids is 1. The van der Waals surface area contributed by atoms with Crippen LogP contribution in [-0.2, 0) is 4.79 Å². The number of halogens is 2.